The van der Waals surface area contributed by atoms with Gasteiger partial charge in [-0.1, -0.05) is 26.7 Å². The fraction of sp³-hybridized carbons (Fsp3) is 0.875. The normalized spacial score (nSPS) is 30.0. The molecule has 1 saturated carbocycles. The Morgan fingerprint density at radius 3 is 2.60 bits per heavy atom. The molecule has 0 radical (unpaired) electrons. The third-order valence-corrected chi connectivity index (χ3v) is 5.27. The number of amides is 1. The third kappa shape index (κ3) is 3.53. The molecule has 2 aliphatic rings. The van der Waals surface area contributed by atoms with Crippen LogP contribution in [0.2, 0.25) is 0 Å². The first kappa shape index (κ1) is 15.3. The molecule has 2 fully saturated rings. The average molecular weight is 281 g/mol. The lowest BCUT2D eigenvalue weighted by Gasteiger charge is -2.40. The molecule has 1 heterocycles. The van der Waals surface area contributed by atoms with Crippen molar-refractivity contribution in [3.05, 3.63) is 0 Å². The van der Waals surface area contributed by atoms with E-state index in [1.807, 2.05) is 0 Å². The van der Waals surface area contributed by atoms with Crippen molar-refractivity contribution in [1.29, 1.82) is 0 Å². The summed E-state index contributed by atoms with van der Waals surface area (Å²) >= 11 is 0. The summed E-state index contributed by atoms with van der Waals surface area (Å²) in [6.45, 7) is 5.66. The maximum atomic E-state index is 12.5. The van der Waals surface area contributed by atoms with E-state index in [-0.39, 0.29) is 17.2 Å². The molecule has 1 unspecified atom stereocenters. The smallest absolute Gasteiger partial charge is 0.308 e. The summed E-state index contributed by atoms with van der Waals surface area (Å²) in [6, 6.07) is 0. The lowest BCUT2D eigenvalue weighted by atomic mass is 9.67. The number of piperidine rings is 1. The lowest BCUT2D eigenvalue weighted by molar-refractivity contribution is -0.146. The molecule has 1 aliphatic carbocycles. The summed E-state index contributed by atoms with van der Waals surface area (Å²) in [4.78, 5) is 25.3. The van der Waals surface area contributed by atoms with Crippen molar-refractivity contribution in [3.8, 4) is 0 Å². The second-order valence-electron chi connectivity index (χ2n) is 7.15. The Balaban J connectivity index is 1.92. The fourth-order valence-corrected chi connectivity index (χ4v) is 3.69. The van der Waals surface area contributed by atoms with Crippen LogP contribution in [0.3, 0.4) is 0 Å². The van der Waals surface area contributed by atoms with Gasteiger partial charge < -0.3 is 10.0 Å². The SMILES string of the molecule is CC1(C)CCCCC1CC(=O)N1CCC[C@H](C(=O)O)C1. The van der Waals surface area contributed by atoms with Crippen LogP contribution in [0.1, 0.15) is 58.8 Å². The number of rotatable bonds is 3. The molecule has 2 atom stereocenters. The van der Waals surface area contributed by atoms with E-state index in [9.17, 15) is 9.59 Å². The first-order valence-electron chi connectivity index (χ1n) is 7.91. The number of aliphatic carboxylic acids is 1. The van der Waals surface area contributed by atoms with Crippen molar-refractivity contribution in [1.82, 2.24) is 4.90 Å². The zero-order chi connectivity index (χ0) is 14.8. The monoisotopic (exact) mass is 281 g/mol. The maximum absolute atomic E-state index is 12.5. The maximum Gasteiger partial charge on any atom is 0.308 e. The minimum absolute atomic E-state index is 0.163. The molecule has 0 aromatic heterocycles. The number of carbonyl (C=O) groups excluding carboxylic acids is 1. The Morgan fingerprint density at radius 2 is 1.95 bits per heavy atom. The van der Waals surface area contributed by atoms with Crippen molar-refractivity contribution in [2.45, 2.75) is 58.8 Å². The van der Waals surface area contributed by atoms with Crippen molar-refractivity contribution >= 4 is 11.9 Å². The number of carboxylic acid groups (broad SMARTS) is 1. The van der Waals surface area contributed by atoms with E-state index in [1.54, 1.807) is 4.90 Å². The summed E-state index contributed by atoms with van der Waals surface area (Å²) in [5.74, 6) is -0.516. The second-order valence-corrected chi connectivity index (χ2v) is 7.15. The molecule has 0 spiro atoms. The third-order valence-electron chi connectivity index (χ3n) is 5.27. The van der Waals surface area contributed by atoms with Gasteiger partial charge in [-0.05, 0) is 37.0 Å². The molecule has 1 saturated heterocycles. The van der Waals surface area contributed by atoms with Gasteiger partial charge in [0.15, 0.2) is 0 Å². The van der Waals surface area contributed by atoms with E-state index in [1.165, 1.54) is 19.3 Å². The molecule has 1 amide bonds. The van der Waals surface area contributed by atoms with Gasteiger partial charge in [-0.25, -0.2) is 0 Å². The van der Waals surface area contributed by atoms with E-state index in [4.69, 9.17) is 5.11 Å². The predicted octanol–water partition coefficient (Wildman–Crippen LogP) is 2.92. The molecule has 2 rings (SSSR count). The van der Waals surface area contributed by atoms with Gasteiger partial charge in [0, 0.05) is 19.5 Å². The highest BCUT2D eigenvalue weighted by atomic mass is 16.4. The van der Waals surface area contributed by atoms with Gasteiger partial charge in [0.25, 0.3) is 0 Å². The molecule has 1 aliphatic heterocycles. The minimum atomic E-state index is -0.763. The van der Waals surface area contributed by atoms with Crippen LogP contribution in [0.5, 0.6) is 0 Å². The van der Waals surface area contributed by atoms with Gasteiger partial charge in [-0.15, -0.1) is 0 Å². The predicted molar refractivity (Wildman–Crippen MR) is 77.3 cm³/mol. The highest BCUT2D eigenvalue weighted by molar-refractivity contribution is 5.78. The van der Waals surface area contributed by atoms with Crippen molar-refractivity contribution in [3.63, 3.8) is 0 Å². The first-order chi connectivity index (χ1) is 9.40. The molecule has 1 N–H and O–H groups in total. The number of carbonyl (C=O) groups is 2. The summed E-state index contributed by atoms with van der Waals surface area (Å²) in [5, 5.41) is 9.10. The van der Waals surface area contributed by atoms with Gasteiger partial charge in [-0.3, -0.25) is 9.59 Å². The fourth-order valence-electron chi connectivity index (χ4n) is 3.69. The summed E-state index contributed by atoms with van der Waals surface area (Å²) < 4.78 is 0. The van der Waals surface area contributed by atoms with Gasteiger partial charge in [0.2, 0.25) is 5.91 Å². The molecule has 4 nitrogen and oxygen atoms in total. The zero-order valence-corrected chi connectivity index (χ0v) is 12.7. The Bertz CT molecular complexity index is 378. The van der Waals surface area contributed by atoms with Crippen LogP contribution < -0.4 is 0 Å². The summed E-state index contributed by atoms with van der Waals surface area (Å²) in [5.41, 5.74) is 0.246. The van der Waals surface area contributed by atoms with Crippen molar-refractivity contribution < 1.29 is 14.7 Å². The largest absolute Gasteiger partial charge is 0.481 e. The van der Waals surface area contributed by atoms with Gasteiger partial charge in [-0.2, -0.15) is 0 Å². The molecule has 0 aromatic rings. The standard InChI is InChI=1S/C16H27NO3/c1-16(2)8-4-3-7-13(16)10-14(18)17-9-5-6-12(11-17)15(19)20/h12-13H,3-11H2,1-2H3,(H,19,20)/t12-,13?/m0/s1. The highest BCUT2D eigenvalue weighted by Crippen LogP contribution is 2.42. The molecule has 114 valence electrons. The Morgan fingerprint density at radius 1 is 1.20 bits per heavy atom. The molecular formula is C16H27NO3. The Labute approximate surface area is 121 Å². The van der Waals surface area contributed by atoms with E-state index < -0.39 is 5.97 Å². The molecule has 4 heteroatoms. The van der Waals surface area contributed by atoms with Gasteiger partial charge >= 0.3 is 5.97 Å². The number of hydrogen-bond acceptors (Lipinski definition) is 2. The van der Waals surface area contributed by atoms with E-state index in [2.05, 4.69) is 13.8 Å². The van der Waals surface area contributed by atoms with Crippen LogP contribution in [0.4, 0.5) is 0 Å². The average Bonchev–Trinajstić information content (AvgIpc) is 2.41. The molecule has 0 bridgehead atoms. The minimum Gasteiger partial charge on any atom is -0.481 e. The zero-order valence-electron chi connectivity index (χ0n) is 12.7. The van der Waals surface area contributed by atoms with E-state index in [0.29, 0.717) is 25.3 Å². The number of nitrogens with zero attached hydrogens (tertiary/aromatic N) is 1. The van der Waals surface area contributed by atoms with Gasteiger partial charge in [0.1, 0.15) is 0 Å². The highest BCUT2D eigenvalue weighted by Gasteiger charge is 2.35. The quantitative estimate of drug-likeness (QED) is 0.865. The van der Waals surface area contributed by atoms with Crippen LogP contribution in [-0.4, -0.2) is 35.0 Å². The van der Waals surface area contributed by atoms with Crippen LogP contribution in [0.25, 0.3) is 0 Å². The van der Waals surface area contributed by atoms with Gasteiger partial charge in [0.05, 0.1) is 5.92 Å². The first-order valence-corrected chi connectivity index (χ1v) is 7.91. The molecular weight excluding hydrogens is 254 g/mol. The van der Waals surface area contributed by atoms with Crippen molar-refractivity contribution in [2.24, 2.45) is 17.3 Å². The Kier molecular flexibility index (Phi) is 4.71. The second kappa shape index (κ2) is 6.15. The summed E-state index contributed by atoms with van der Waals surface area (Å²) in [6.07, 6.45) is 6.93. The van der Waals surface area contributed by atoms with E-state index in [0.717, 1.165) is 19.4 Å². The van der Waals surface area contributed by atoms with Crippen LogP contribution in [0.15, 0.2) is 0 Å². The van der Waals surface area contributed by atoms with Crippen molar-refractivity contribution in [2.75, 3.05) is 13.1 Å². The van der Waals surface area contributed by atoms with Crippen LogP contribution in [0, 0.1) is 17.3 Å². The molecule has 20 heavy (non-hydrogen) atoms. The topological polar surface area (TPSA) is 57.6 Å². The van der Waals surface area contributed by atoms with E-state index >= 15 is 0 Å². The number of hydrogen-bond donors (Lipinski definition) is 1. The number of likely N-dealkylation sites (tertiary alicyclic amines) is 1. The lowest BCUT2D eigenvalue weighted by Crippen LogP contribution is -2.44. The summed E-state index contributed by atoms with van der Waals surface area (Å²) in [7, 11) is 0. The van der Waals surface area contributed by atoms with Crippen LogP contribution >= 0.6 is 0 Å². The Hall–Kier alpha value is -1.06. The molecule has 0 aromatic carbocycles. The number of carboxylic acids is 1. The van der Waals surface area contributed by atoms with Crippen LogP contribution in [-0.2, 0) is 9.59 Å².